The summed E-state index contributed by atoms with van der Waals surface area (Å²) < 4.78 is 3.43. The molecule has 0 aliphatic rings. The maximum absolute atomic E-state index is 5.89. The van der Waals surface area contributed by atoms with Crippen LogP contribution in [0.4, 0.5) is 5.82 Å². The molecule has 3 heterocycles. The molecule has 2 N–H and O–H groups in total. The Kier molecular flexibility index (Phi) is 1.88. The van der Waals surface area contributed by atoms with Crippen LogP contribution >= 0.6 is 0 Å². The lowest BCUT2D eigenvalue weighted by Gasteiger charge is -1.99. The summed E-state index contributed by atoms with van der Waals surface area (Å²) in [6, 6.07) is 1.88. The van der Waals surface area contributed by atoms with E-state index in [2.05, 4.69) is 20.2 Å². The van der Waals surface area contributed by atoms with Crippen molar-refractivity contribution in [1.29, 1.82) is 0 Å². The van der Waals surface area contributed by atoms with Crippen LogP contribution in [0, 0.1) is 0 Å². The van der Waals surface area contributed by atoms with Crippen molar-refractivity contribution in [2.75, 3.05) is 5.73 Å². The second-order valence-corrected chi connectivity index (χ2v) is 3.77. The van der Waals surface area contributed by atoms with E-state index in [1.165, 1.54) is 6.33 Å². The number of anilines is 1. The van der Waals surface area contributed by atoms with Gasteiger partial charge in [0.1, 0.15) is 17.8 Å². The zero-order chi connectivity index (χ0) is 12.0. The summed E-state index contributed by atoms with van der Waals surface area (Å²) in [5.74, 6) is 0.430. The molecule has 3 rings (SSSR count). The highest BCUT2D eigenvalue weighted by Gasteiger charge is 2.17. The molecule has 0 spiro atoms. The van der Waals surface area contributed by atoms with Crippen LogP contribution in [0.1, 0.15) is 0 Å². The normalized spacial score (nSPS) is 11.2. The molecule has 0 aliphatic heterocycles. The molecule has 86 valence electrons. The maximum atomic E-state index is 5.89. The zero-order valence-electron chi connectivity index (χ0n) is 9.49. The summed E-state index contributed by atoms with van der Waals surface area (Å²) >= 11 is 0. The Morgan fingerprint density at radius 2 is 2.00 bits per heavy atom. The van der Waals surface area contributed by atoms with E-state index in [1.54, 1.807) is 15.6 Å². The van der Waals surface area contributed by atoms with Gasteiger partial charge >= 0.3 is 0 Å². The summed E-state index contributed by atoms with van der Waals surface area (Å²) in [5.41, 5.74) is 8.25. The van der Waals surface area contributed by atoms with Gasteiger partial charge in [-0.15, -0.1) is 0 Å². The molecule has 3 aromatic heterocycles. The molecule has 3 aromatic rings. The summed E-state index contributed by atoms with van der Waals surface area (Å²) in [5, 5.41) is 9.31. The van der Waals surface area contributed by atoms with Crippen LogP contribution in [0.2, 0.25) is 0 Å². The predicted octanol–water partition coefficient (Wildman–Crippen LogP) is 0.346. The Hall–Kier alpha value is -2.44. The number of nitrogens with two attached hydrogens (primary N) is 1. The molecule has 17 heavy (non-hydrogen) atoms. The Bertz CT molecular complexity index is 694. The third-order valence-corrected chi connectivity index (χ3v) is 2.71. The lowest BCUT2D eigenvalue weighted by Crippen LogP contribution is -1.96. The van der Waals surface area contributed by atoms with Crippen LogP contribution in [0.25, 0.3) is 22.4 Å². The lowest BCUT2D eigenvalue weighted by atomic mass is 10.2. The number of aryl methyl sites for hydroxylation is 2. The number of hydrogen-bond donors (Lipinski definition) is 1. The number of hydrogen-bond acceptors (Lipinski definition) is 5. The van der Waals surface area contributed by atoms with E-state index in [0.717, 1.165) is 16.8 Å². The van der Waals surface area contributed by atoms with Gasteiger partial charge in [0.05, 0.1) is 11.1 Å². The average molecular weight is 229 g/mol. The third-order valence-electron chi connectivity index (χ3n) is 2.71. The minimum Gasteiger partial charge on any atom is -0.383 e. The van der Waals surface area contributed by atoms with Crippen molar-refractivity contribution < 1.29 is 0 Å². The molecular formula is C10H11N7. The standard InChI is InChI=1S/C10H11N7/c1-16-6(3-4-14-16)8-7-9(11)12-5-13-10(7)17(2)15-8/h3-5H,1-2H3,(H2,11,12,13). The first-order valence-corrected chi connectivity index (χ1v) is 5.10. The largest absolute Gasteiger partial charge is 0.383 e. The molecule has 0 fully saturated rings. The smallest absolute Gasteiger partial charge is 0.163 e. The highest BCUT2D eigenvalue weighted by atomic mass is 15.3. The van der Waals surface area contributed by atoms with Crippen LogP contribution < -0.4 is 5.73 Å². The quantitative estimate of drug-likeness (QED) is 0.650. The number of aromatic nitrogens is 6. The number of rotatable bonds is 1. The van der Waals surface area contributed by atoms with Crippen LogP contribution in [-0.4, -0.2) is 29.5 Å². The molecule has 0 radical (unpaired) electrons. The summed E-state index contributed by atoms with van der Waals surface area (Å²) in [6.07, 6.45) is 3.15. The fourth-order valence-electron chi connectivity index (χ4n) is 1.89. The third kappa shape index (κ3) is 1.28. The molecule has 7 heteroatoms. The van der Waals surface area contributed by atoms with Gasteiger partial charge in [-0.2, -0.15) is 10.2 Å². The molecule has 0 saturated carbocycles. The molecule has 7 nitrogen and oxygen atoms in total. The van der Waals surface area contributed by atoms with Crippen molar-refractivity contribution in [3.63, 3.8) is 0 Å². The second kappa shape index (κ2) is 3.27. The van der Waals surface area contributed by atoms with Gasteiger partial charge in [0.2, 0.25) is 0 Å². The maximum Gasteiger partial charge on any atom is 0.163 e. The Morgan fingerprint density at radius 3 is 2.71 bits per heavy atom. The summed E-state index contributed by atoms with van der Waals surface area (Å²) in [4.78, 5) is 8.19. The van der Waals surface area contributed by atoms with Crippen molar-refractivity contribution in [2.45, 2.75) is 0 Å². The van der Waals surface area contributed by atoms with E-state index in [-0.39, 0.29) is 0 Å². The van der Waals surface area contributed by atoms with Gasteiger partial charge in [-0.25, -0.2) is 14.6 Å². The molecule has 0 aliphatic carbocycles. The monoisotopic (exact) mass is 229 g/mol. The first-order valence-electron chi connectivity index (χ1n) is 5.10. The van der Waals surface area contributed by atoms with Crippen LogP contribution in [-0.2, 0) is 14.1 Å². The van der Waals surface area contributed by atoms with E-state index < -0.39 is 0 Å². The molecule has 0 atom stereocenters. The zero-order valence-corrected chi connectivity index (χ0v) is 9.49. The van der Waals surface area contributed by atoms with Gasteiger partial charge in [0.25, 0.3) is 0 Å². The lowest BCUT2D eigenvalue weighted by molar-refractivity contribution is 0.757. The van der Waals surface area contributed by atoms with Crippen molar-refractivity contribution >= 4 is 16.9 Å². The predicted molar refractivity (Wildman–Crippen MR) is 62.9 cm³/mol. The Balaban J connectivity index is 2.42. The van der Waals surface area contributed by atoms with Gasteiger partial charge < -0.3 is 5.73 Å². The molecule has 0 amide bonds. The van der Waals surface area contributed by atoms with Gasteiger partial charge in [-0.05, 0) is 6.07 Å². The minimum absolute atomic E-state index is 0.430. The van der Waals surface area contributed by atoms with E-state index >= 15 is 0 Å². The number of nitrogen functional groups attached to an aromatic ring is 1. The number of nitrogens with zero attached hydrogens (tertiary/aromatic N) is 6. The minimum atomic E-state index is 0.430. The average Bonchev–Trinajstić information content (AvgIpc) is 2.85. The number of fused-ring (bicyclic) bond motifs is 1. The van der Waals surface area contributed by atoms with E-state index in [0.29, 0.717) is 11.5 Å². The molecule has 0 saturated heterocycles. The molecule has 0 aromatic carbocycles. The molecular weight excluding hydrogens is 218 g/mol. The van der Waals surface area contributed by atoms with Crippen molar-refractivity contribution in [2.24, 2.45) is 14.1 Å². The van der Waals surface area contributed by atoms with Gasteiger partial charge in [0, 0.05) is 20.3 Å². The van der Waals surface area contributed by atoms with Gasteiger partial charge in [-0.3, -0.25) is 4.68 Å². The van der Waals surface area contributed by atoms with Crippen LogP contribution in [0.3, 0.4) is 0 Å². The second-order valence-electron chi connectivity index (χ2n) is 3.77. The van der Waals surface area contributed by atoms with Gasteiger partial charge in [-0.1, -0.05) is 0 Å². The van der Waals surface area contributed by atoms with E-state index in [4.69, 9.17) is 5.73 Å². The Morgan fingerprint density at radius 1 is 1.18 bits per heavy atom. The SMILES string of the molecule is Cn1nccc1-c1nn(C)c2ncnc(N)c12. The van der Waals surface area contributed by atoms with Crippen LogP contribution in [0.5, 0.6) is 0 Å². The van der Waals surface area contributed by atoms with Crippen molar-refractivity contribution in [3.05, 3.63) is 18.6 Å². The fraction of sp³-hybridized carbons (Fsp3) is 0.200. The van der Waals surface area contributed by atoms with Crippen molar-refractivity contribution in [3.8, 4) is 11.4 Å². The van der Waals surface area contributed by atoms with Gasteiger partial charge in [0.15, 0.2) is 5.65 Å². The fourth-order valence-corrected chi connectivity index (χ4v) is 1.89. The van der Waals surface area contributed by atoms with Crippen LogP contribution in [0.15, 0.2) is 18.6 Å². The van der Waals surface area contributed by atoms with E-state index in [1.807, 2.05) is 20.2 Å². The summed E-state index contributed by atoms with van der Waals surface area (Å²) in [6.45, 7) is 0. The summed E-state index contributed by atoms with van der Waals surface area (Å²) in [7, 11) is 3.68. The first-order chi connectivity index (χ1) is 8.18. The first kappa shape index (κ1) is 9.76. The molecule has 0 bridgehead atoms. The van der Waals surface area contributed by atoms with E-state index in [9.17, 15) is 0 Å². The Labute approximate surface area is 96.9 Å². The highest BCUT2D eigenvalue weighted by molar-refractivity contribution is 5.97. The highest BCUT2D eigenvalue weighted by Crippen LogP contribution is 2.28. The molecule has 0 unspecified atom stereocenters. The van der Waals surface area contributed by atoms with Crippen molar-refractivity contribution in [1.82, 2.24) is 29.5 Å². The topological polar surface area (TPSA) is 87.4 Å².